The number of carboxylic acid groups (broad SMARTS) is 1. The predicted octanol–water partition coefficient (Wildman–Crippen LogP) is 5.28. The fraction of sp³-hybridized carbons (Fsp3) is 0.435. The Kier molecular flexibility index (Phi) is 4.25. The summed E-state index contributed by atoms with van der Waals surface area (Å²) in [6.07, 6.45) is 5.45. The summed E-state index contributed by atoms with van der Waals surface area (Å²) in [5, 5.41) is 10.2. The summed E-state index contributed by atoms with van der Waals surface area (Å²) in [5.41, 5.74) is 6.49. The third kappa shape index (κ3) is 3.17. The van der Waals surface area contributed by atoms with Gasteiger partial charge in [-0.25, -0.2) is 0 Å². The van der Waals surface area contributed by atoms with Gasteiger partial charge < -0.3 is 5.11 Å². The lowest BCUT2D eigenvalue weighted by atomic mass is 9.98. The molecule has 2 atom stereocenters. The number of hydrogen-bond donors (Lipinski definition) is 1. The number of aliphatic carboxylic acids is 1. The van der Waals surface area contributed by atoms with Crippen molar-refractivity contribution in [1.29, 1.82) is 0 Å². The van der Waals surface area contributed by atoms with Crippen molar-refractivity contribution in [3.8, 4) is 11.1 Å². The van der Waals surface area contributed by atoms with Crippen LogP contribution in [0.1, 0.15) is 54.3 Å². The van der Waals surface area contributed by atoms with Gasteiger partial charge in [-0.3, -0.25) is 9.69 Å². The molecule has 1 saturated heterocycles. The smallest absolute Gasteiger partial charge is 0.307 e. The van der Waals surface area contributed by atoms with Crippen molar-refractivity contribution in [2.24, 2.45) is 5.92 Å². The molecule has 1 saturated carbocycles. The molecule has 0 radical (unpaired) electrons. The van der Waals surface area contributed by atoms with E-state index >= 15 is 0 Å². The minimum absolute atomic E-state index is 0.208. The third-order valence-electron chi connectivity index (χ3n) is 6.55. The van der Waals surface area contributed by atoms with Crippen LogP contribution in [0, 0.1) is 5.92 Å². The number of carbonyl (C=O) groups is 1. The summed E-state index contributed by atoms with van der Waals surface area (Å²) < 4.78 is 0. The second-order valence-electron chi connectivity index (χ2n) is 8.30. The van der Waals surface area contributed by atoms with Crippen molar-refractivity contribution < 1.29 is 9.90 Å². The highest BCUT2D eigenvalue weighted by Gasteiger charge is 2.35. The van der Waals surface area contributed by atoms with Gasteiger partial charge in [-0.15, -0.1) is 0 Å². The first kappa shape index (κ1) is 17.3. The lowest BCUT2D eigenvalue weighted by Crippen LogP contribution is -2.26. The molecule has 0 bridgehead atoms. The summed E-state index contributed by atoms with van der Waals surface area (Å²) in [4.78, 5) is 13.6. The van der Waals surface area contributed by atoms with E-state index in [0.717, 1.165) is 30.8 Å². The van der Waals surface area contributed by atoms with Crippen LogP contribution in [0.4, 0.5) is 0 Å². The van der Waals surface area contributed by atoms with Gasteiger partial charge in [-0.2, -0.15) is 0 Å². The average molecular weight is 382 g/mol. The fourth-order valence-corrected chi connectivity index (χ4v) is 5.19. The topological polar surface area (TPSA) is 40.5 Å². The molecule has 0 amide bonds. The largest absolute Gasteiger partial charge is 0.481 e. The second-order valence-corrected chi connectivity index (χ2v) is 8.70. The number of carboxylic acids is 1. The molecule has 1 N–H and O–H groups in total. The summed E-state index contributed by atoms with van der Waals surface area (Å²) in [5.74, 6) is -0.194. The highest BCUT2D eigenvalue weighted by molar-refractivity contribution is 6.31. The zero-order chi connectivity index (χ0) is 18.5. The maximum atomic E-state index is 11.3. The van der Waals surface area contributed by atoms with Crippen LogP contribution in [-0.2, 0) is 11.2 Å². The number of benzene rings is 2. The Balaban J connectivity index is 1.38. The highest BCUT2D eigenvalue weighted by Crippen LogP contribution is 2.45. The van der Waals surface area contributed by atoms with Gasteiger partial charge in [0.1, 0.15) is 0 Å². The van der Waals surface area contributed by atoms with Crippen LogP contribution in [0.2, 0.25) is 5.02 Å². The lowest BCUT2D eigenvalue weighted by molar-refractivity contribution is -0.141. The molecule has 2 aromatic carbocycles. The van der Waals surface area contributed by atoms with E-state index in [9.17, 15) is 9.90 Å². The molecule has 1 aliphatic heterocycles. The van der Waals surface area contributed by atoms with E-state index in [2.05, 4.69) is 41.3 Å². The number of halogens is 1. The van der Waals surface area contributed by atoms with Crippen LogP contribution in [0.25, 0.3) is 11.1 Å². The Morgan fingerprint density at radius 3 is 2.41 bits per heavy atom. The minimum atomic E-state index is -0.655. The first-order valence-corrected chi connectivity index (χ1v) is 10.4. The summed E-state index contributed by atoms with van der Waals surface area (Å²) in [6, 6.07) is 13.6. The molecule has 2 aromatic rings. The fourth-order valence-electron chi connectivity index (χ4n) is 4.86. The first-order valence-electron chi connectivity index (χ1n) is 9.99. The van der Waals surface area contributed by atoms with Crippen LogP contribution >= 0.6 is 11.6 Å². The van der Waals surface area contributed by atoms with Crippen LogP contribution in [-0.4, -0.2) is 29.1 Å². The molecule has 27 heavy (non-hydrogen) atoms. The van der Waals surface area contributed by atoms with Crippen LogP contribution in [0.3, 0.4) is 0 Å². The van der Waals surface area contributed by atoms with E-state index in [1.165, 1.54) is 40.7 Å². The molecule has 3 nitrogen and oxygen atoms in total. The quantitative estimate of drug-likeness (QED) is 0.783. The molecule has 140 valence electrons. The maximum Gasteiger partial charge on any atom is 0.307 e. The molecule has 2 aliphatic carbocycles. The zero-order valence-electron chi connectivity index (χ0n) is 15.3. The molecule has 1 heterocycles. The summed E-state index contributed by atoms with van der Waals surface area (Å²) in [7, 11) is 0. The number of aryl methyl sites for hydroxylation is 1. The Bertz CT molecular complexity index is 905. The molecular weight excluding hydrogens is 358 g/mol. The van der Waals surface area contributed by atoms with Gasteiger partial charge in [-0.1, -0.05) is 41.9 Å². The molecule has 3 aliphatic rings. The van der Waals surface area contributed by atoms with Gasteiger partial charge >= 0.3 is 5.97 Å². The Morgan fingerprint density at radius 2 is 1.74 bits per heavy atom. The zero-order valence-corrected chi connectivity index (χ0v) is 16.1. The van der Waals surface area contributed by atoms with Crippen molar-refractivity contribution in [2.45, 2.75) is 44.1 Å². The van der Waals surface area contributed by atoms with Gasteiger partial charge in [-0.05, 0) is 78.5 Å². The molecule has 0 spiro atoms. The van der Waals surface area contributed by atoms with Crippen molar-refractivity contribution in [3.05, 3.63) is 58.1 Å². The molecule has 0 aromatic heterocycles. The average Bonchev–Trinajstić information content (AvgIpc) is 3.22. The van der Waals surface area contributed by atoms with Crippen LogP contribution in [0.15, 0.2) is 36.4 Å². The van der Waals surface area contributed by atoms with E-state index in [-0.39, 0.29) is 5.92 Å². The van der Waals surface area contributed by atoms with Crippen LogP contribution < -0.4 is 0 Å². The SMILES string of the molecule is O=C(O)[C@@H]1CCN(C2CCc3cc(-c4ccc(C5CC5)c(Cl)c4)ccc32)C1. The number of hydrogen-bond acceptors (Lipinski definition) is 2. The highest BCUT2D eigenvalue weighted by atomic mass is 35.5. The molecule has 5 rings (SSSR count). The van der Waals surface area contributed by atoms with E-state index in [1.54, 1.807) is 0 Å². The predicted molar refractivity (Wildman–Crippen MR) is 107 cm³/mol. The number of fused-ring (bicyclic) bond motifs is 1. The Labute approximate surface area is 165 Å². The monoisotopic (exact) mass is 381 g/mol. The minimum Gasteiger partial charge on any atom is -0.481 e. The molecule has 4 heteroatoms. The number of likely N-dealkylation sites (tertiary alicyclic amines) is 1. The molecule has 1 unspecified atom stereocenters. The van der Waals surface area contributed by atoms with Gasteiger partial charge in [0.25, 0.3) is 0 Å². The van der Waals surface area contributed by atoms with Crippen molar-refractivity contribution in [1.82, 2.24) is 4.90 Å². The normalized spacial score (nSPS) is 24.9. The molecular formula is C23H24ClNO2. The van der Waals surface area contributed by atoms with E-state index in [0.29, 0.717) is 18.5 Å². The van der Waals surface area contributed by atoms with Crippen molar-refractivity contribution in [3.63, 3.8) is 0 Å². The maximum absolute atomic E-state index is 11.3. The van der Waals surface area contributed by atoms with E-state index < -0.39 is 5.97 Å². The number of nitrogens with zero attached hydrogens (tertiary/aromatic N) is 1. The number of rotatable bonds is 4. The Hall–Kier alpha value is -1.84. The van der Waals surface area contributed by atoms with Gasteiger partial charge in [0, 0.05) is 17.6 Å². The van der Waals surface area contributed by atoms with Crippen molar-refractivity contribution >= 4 is 17.6 Å². The van der Waals surface area contributed by atoms with E-state index in [4.69, 9.17) is 11.6 Å². The Morgan fingerprint density at radius 1 is 1.00 bits per heavy atom. The van der Waals surface area contributed by atoms with Gasteiger partial charge in [0.05, 0.1) is 5.92 Å². The molecule has 2 fully saturated rings. The van der Waals surface area contributed by atoms with Gasteiger partial charge in [0.2, 0.25) is 0 Å². The third-order valence-corrected chi connectivity index (χ3v) is 6.88. The lowest BCUT2D eigenvalue weighted by Gasteiger charge is -2.24. The second kappa shape index (κ2) is 6.65. The van der Waals surface area contributed by atoms with Crippen LogP contribution in [0.5, 0.6) is 0 Å². The standard InChI is InChI=1S/C23H24ClNO2/c24-21-12-16(3-6-19(21)14-1-2-14)15-4-7-20-17(11-15)5-8-22(20)25-10-9-18(13-25)23(26)27/h3-4,6-7,11-12,14,18,22H,1-2,5,8-10,13H2,(H,26,27)/t18-,22?/m1/s1. The van der Waals surface area contributed by atoms with E-state index in [1.807, 2.05) is 0 Å². The summed E-state index contributed by atoms with van der Waals surface area (Å²) >= 11 is 6.53. The first-order chi connectivity index (χ1) is 13.1. The van der Waals surface area contributed by atoms with Crippen molar-refractivity contribution in [2.75, 3.05) is 13.1 Å². The van der Waals surface area contributed by atoms with Gasteiger partial charge in [0.15, 0.2) is 0 Å². The summed E-state index contributed by atoms with van der Waals surface area (Å²) in [6.45, 7) is 1.57.